The first-order valence-corrected chi connectivity index (χ1v) is 7.81. The molecule has 25 heavy (non-hydrogen) atoms. The normalized spacial score (nSPS) is 10.8. The Morgan fingerprint density at radius 2 is 1.88 bits per heavy atom. The number of aryl methyl sites for hydroxylation is 2. The van der Waals surface area contributed by atoms with E-state index in [4.69, 9.17) is 10.5 Å². The molecule has 2 heterocycles. The van der Waals surface area contributed by atoms with Crippen LogP contribution in [0.5, 0.6) is 0 Å². The van der Waals surface area contributed by atoms with Crippen LogP contribution in [0.25, 0.3) is 32.4 Å². The van der Waals surface area contributed by atoms with Crippen LogP contribution < -0.4 is 5.32 Å². The highest BCUT2D eigenvalue weighted by Crippen LogP contribution is 2.34. The molecule has 0 bridgehead atoms. The summed E-state index contributed by atoms with van der Waals surface area (Å²) in [5, 5.41) is 13.6. The fourth-order valence-corrected chi connectivity index (χ4v) is 3.04. The number of hydrogen-bond acceptors (Lipinski definition) is 4. The van der Waals surface area contributed by atoms with Crippen LogP contribution in [0, 0.1) is 6.92 Å². The first-order chi connectivity index (χ1) is 12.2. The third kappa shape index (κ3) is 2.52. The first-order valence-electron chi connectivity index (χ1n) is 7.81. The van der Waals surface area contributed by atoms with E-state index >= 15 is 0 Å². The van der Waals surface area contributed by atoms with Crippen molar-refractivity contribution in [1.82, 2.24) is 14.8 Å². The Morgan fingerprint density at radius 1 is 1.12 bits per heavy atom. The van der Waals surface area contributed by atoms with Gasteiger partial charge in [0.2, 0.25) is 0 Å². The summed E-state index contributed by atoms with van der Waals surface area (Å²) >= 11 is 0. The maximum absolute atomic E-state index is 8.52. The van der Waals surface area contributed by atoms with Crippen LogP contribution in [0.3, 0.4) is 0 Å². The number of aromatic nitrogens is 3. The average Bonchev–Trinajstić information content (AvgIpc) is 2.90. The maximum Gasteiger partial charge on any atom is 0.160 e. The molecule has 0 spiro atoms. The molecule has 2 aromatic heterocycles. The third-order valence-electron chi connectivity index (χ3n) is 4.14. The number of pyridine rings is 1. The summed E-state index contributed by atoms with van der Waals surface area (Å²) in [5.74, 6) is 0. The molecule has 0 atom stereocenters. The quantitative estimate of drug-likeness (QED) is 0.321. The number of nitrogens with zero attached hydrogens (tertiary/aromatic N) is 6. The van der Waals surface area contributed by atoms with E-state index in [-0.39, 0.29) is 0 Å². The lowest BCUT2D eigenvalue weighted by Crippen LogP contribution is -1.96. The van der Waals surface area contributed by atoms with E-state index in [0.29, 0.717) is 5.69 Å². The molecule has 1 N–H and O–H groups in total. The van der Waals surface area contributed by atoms with Crippen molar-refractivity contribution in [3.05, 3.63) is 64.7 Å². The van der Waals surface area contributed by atoms with Crippen molar-refractivity contribution in [1.29, 1.82) is 0 Å². The molecule has 0 unspecified atom stereocenters. The second kappa shape index (κ2) is 5.81. The van der Waals surface area contributed by atoms with Gasteiger partial charge in [-0.2, -0.15) is 5.10 Å². The highest BCUT2D eigenvalue weighted by atomic mass is 15.3. The van der Waals surface area contributed by atoms with E-state index in [1.807, 2.05) is 50.4 Å². The topological polar surface area (TPSA) is 91.5 Å². The van der Waals surface area contributed by atoms with Crippen molar-refractivity contribution in [2.24, 2.45) is 12.2 Å². The van der Waals surface area contributed by atoms with E-state index in [1.165, 1.54) is 0 Å². The van der Waals surface area contributed by atoms with Gasteiger partial charge in [0.25, 0.3) is 0 Å². The molecular formula is C18H15N7. The van der Waals surface area contributed by atoms with Gasteiger partial charge in [0.1, 0.15) is 0 Å². The van der Waals surface area contributed by atoms with Gasteiger partial charge in [-0.05, 0) is 30.7 Å². The molecule has 4 rings (SSSR count). The van der Waals surface area contributed by atoms with Gasteiger partial charge in [-0.3, -0.25) is 4.68 Å². The third-order valence-corrected chi connectivity index (χ3v) is 4.14. The van der Waals surface area contributed by atoms with Crippen molar-refractivity contribution >= 4 is 39.0 Å². The van der Waals surface area contributed by atoms with E-state index in [0.717, 1.165) is 39.0 Å². The fraction of sp³-hybridized carbons (Fsp3) is 0.111. The molecule has 122 valence electrons. The minimum atomic E-state index is 0.579. The van der Waals surface area contributed by atoms with Gasteiger partial charge in [-0.1, -0.05) is 35.4 Å². The molecule has 4 aromatic rings. The lowest BCUT2D eigenvalue weighted by molar-refractivity contribution is 0.775. The highest BCUT2D eigenvalue weighted by Gasteiger charge is 2.15. The van der Waals surface area contributed by atoms with Gasteiger partial charge in [0.15, 0.2) is 5.65 Å². The predicted octanol–water partition coefficient (Wildman–Crippen LogP) is 5.12. The average molecular weight is 329 g/mol. The molecule has 0 radical (unpaired) electrons. The van der Waals surface area contributed by atoms with E-state index in [1.54, 1.807) is 16.8 Å². The molecule has 7 nitrogen and oxygen atoms in total. The molecule has 2 aromatic carbocycles. The van der Waals surface area contributed by atoms with E-state index in [2.05, 4.69) is 20.4 Å². The van der Waals surface area contributed by atoms with Gasteiger partial charge >= 0.3 is 0 Å². The molecule has 0 amide bonds. The largest absolute Gasteiger partial charge is 0.354 e. The van der Waals surface area contributed by atoms with Crippen molar-refractivity contribution in [2.45, 2.75) is 6.92 Å². The van der Waals surface area contributed by atoms with Crippen LogP contribution in [0.1, 0.15) is 5.69 Å². The monoisotopic (exact) mass is 329 g/mol. The molecule has 0 aliphatic rings. The summed E-state index contributed by atoms with van der Waals surface area (Å²) in [7, 11) is 1.90. The Balaban J connectivity index is 1.93. The molecule has 0 aliphatic heterocycles. The van der Waals surface area contributed by atoms with Gasteiger partial charge < -0.3 is 5.32 Å². The number of anilines is 2. The summed E-state index contributed by atoms with van der Waals surface area (Å²) in [4.78, 5) is 7.55. The zero-order chi connectivity index (χ0) is 17.4. The van der Waals surface area contributed by atoms with Crippen LogP contribution in [-0.2, 0) is 7.05 Å². The van der Waals surface area contributed by atoms with Gasteiger partial charge in [0.05, 0.1) is 22.3 Å². The van der Waals surface area contributed by atoms with Crippen LogP contribution >= 0.6 is 0 Å². The summed E-state index contributed by atoms with van der Waals surface area (Å²) in [5.41, 5.74) is 13.6. The number of azide groups is 1. The van der Waals surface area contributed by atoms with Gasteiger partial charge in [0, 0.05) is 28.7 Å². The van der Waals surface area contributed by atoms with Crippen molar-refractivity contribution in [3.63, 3.8) is 0 Å². The minimum absolute atomic E-state index is 0.579. The number of rotatable bonds is 3. The van der Waals surface area contributed by atoms with Crippen LogP contribution in [-0.4, -0.2) is 14.8 Å². The molecule has 0 aliphatic carbocycles. The van der Waals surface area contributed by atoms with Gasteiger partial charge in [-0.15, -0.1) is 0 Å². The van der Waals surface area contributed by atoms with Crippen molar-refractivity contribution in [2.75, 3.05) is 5.32 Å². The summed E-state index contributed by atoms with van der Waals surface area (Å²) < 4.78 is 1.80. The molecule has 0 saturated heterocycles. The van der Waals surface area contributed by atoms with Crippen molar-refractivity contribution in [3.8, 4) is 0 Å². The molecule has 0 saturated carbocycles. The van der Waals surface area contributed by atoms with Crippen LogP contribution in [0.4, 0.5) is 17.1 Å². The zero-order valence-corrected chi connectivity index (χ0v) is 13.8. The summed E-state index contributed by atoms with van der Waals surface area (Å²) in [6.07, 6.45) is 0. The molecule has 7 heteroatoms. The minimum Gasteiger partial charge on any atom is -0.354 e. The van der Waals surface area contributed by atoms with Gasteiger partial charge in [-0.25, -0.2) is 4.98 Å². The number of hydrogen-bond donors (Lipinski definition) is 1. The highest BCUT2D eigenvalue weighted by molar-refractivity contribution is 6.08. The SMILES string of the molecule is Cc1nn(C)c2nc3ccccc3c(Nc3ccc(N=[N+]=[N-])cc3)c12. The summed E-state index contributed by atoms with van der Waals surface area (Å²) in [6, 6.07) is 15.3. The Labute approximate surface area is 143 Å². The van der Waals surface area contributed by atoms with Crippen molar-refractivity contribution < 1.29 is 0 Å². The van der Waals surface area contributed by atoms with E-state index < -0.39 is 0 Å². The number of benzene rings is 2. The Morgan fingerprint density at radius 3 is 2.64 bits per heavy atom. The van der Waals surface area contributed by atoms with E-state index in [9.17, 15) is 0 Å². The molecular weight excluding hydrogens is 314 g/mol. The summed E-state index contributed by atoms with van der Waals surface area (Å²) in [6.45, 7) is 1.98. The Bertz CT molecular complexity index is 1140. The lowest BCUT2D eigenvalue weighted by atomic mass is 10.1. The lowest BCUT2D eigenvalue weighted by Gasteiger charge is -2.12. The first kappa shape index (κ1) is 15.0. The van der Waals surface area contributed by atoms with Crippen LogP contribution in [0.2, 0.25) is 0 Å². The number of para-hydroxylation sites is 1. The second-order valence-electron chi connectivity index (χ2n) is 5.77. The number of fused-ring (bicyclic) bond motifs is 2. The smallest absolute Gasteiger partial charge is 0.160 e. The Kier molecular flexibility index (Phi) is 3.48. The maximum atomic E-state index is 8.52. The molecule has 0 fully saturated rings. The number of nitrogens with one attached hydrogen (secondary N) is 1. The standard InChI is InChI=1S/C18H15N7/c1-11-16-17(20-12-7-9-13(10-8-12)22-24-19)14-5-3-4-6-15(14)21-18(16)25(2)23-11/h3-10H,1-2H3,(H,20,21). The second-order valence-corrected chi connectivity index (χ2v) is 5.77. The fourth-order valence-electron chi connectivity index (χ4n) is 3.04. The Hall–Kier alpha value is -3.57. The predicted molar refractivity (Wildman–Crippen MR) is 99.3 cm³/mol. The van der Waals surface area contributed by atoms with Crippen LogP contribution in [0.15, 0.2) is 53.6 Å². The zero-order valence-electron chi connectivity index (χ0n) is 13.8.